The van der Waals surface area contributed by atoms with Gasteiger partial charge in [0.1, 0.15) is 0 Å². The number of carboxylic acids is 1. The molecule has 1 aromatic rings. The molecule has 1 N–H and O–H groups in total. The number of aryl methyl sites for hydroxylation is 1. The average Bonchev–Trinajstić information content (AvgIpc) is 2.15. The van der Waals surface area contributed by atoms with Crippen molar-refractivity contribution in [2.75, 3.05) is 0 Å². The SMILES string of the molecule is C=C(Br)CCc1ccccc1C(=O)O. The number of carbonyl (C=O) groups is 1. The smallest absolute Gasteiger partial charge is 0.335 e. The Labute approximate surface area is 91.4 Å². The van der Waals surface area contributed by atoms with Gasteiger partial charge in [0.25, 0.3) is 0 Å². The van der Waals surface area contributed by atoms with Crippen LogP contribution in [0.25, 0.3) is 0 Å². The van der Waals surface area contributed by atoms with E-state index in [0.717, 1.165) is 16.5 Å². The molecule has 0 heterocycles. The number of carboxylic acid groups (broad SMARTS) is 1. The van der Waals surface area contributed by atoms with Crippen LogP contribution < -0.4 is 0 Å². The minimum Gasteiger partial charge on any atom is -0.478 e. The van der Waals surface area contributed by atoms with Gasteiger partial charge in [-0.1, -0.05) is 40.7 Å². The van der Waals surface area contributed by atoms with Gasteiger partial charge in [0, 0.05) is 0 Å². The lowest BCUT2D eigenvalue weighted by molar-refractivity contribution is 0.0695. The van der Waals surface area contributed by atoms with Crippen molar-refractivity contribution >= 4 is 21.9 Å². The highest BCUT2D eigenvalue weighted by molar-refractivity contribution is 9.11. The minimum absolute atomic E-state index is 0.376. The summed E-state index contributed by atoms with van der Waals surface area (Å²) in [6.07, 6.45) is 1.46. The maximum absolute atomic E-state index is 10.8. The van der Waals surface area contributed by atoms with Crippen LogP contribution in [-0.4, -0.2) is 11.1 Å². The molecule has 1 rings (SSSR count). The molecule has 0 saturated carbocycles. The Hall–Kier alpha value is -1.09. The number of aromatic carboxylic acids is 1. The molecule has 0 spiro atoms. The van der Waals surface area contributed by atoms with E-state index in [1.165, 1.54) is 0 Å². The number of allylic oxidation sites excluding steroid dienone is 1. The van der Waals surface area contributed by atoms with Crippen molar-refractivity contribution < 1.29 is 9.90 Å². The van der Waals surface area contributed by atoms with Crippen LogP contribution in [0, 0.1) is 0 Å². The summed E-state index contributed by atoms with van der Waals surface area (Å²) < 4.78 is 0.887. The quantitative estimate of drug-likeness (QED) is 0.896. The summed E-state index contributed by atoms with van der Waals surface area (Å²) in [7, 11) is 0. The van der Waals surface area contributed by atoms with Gasteiger partial charge in [-0.25, -0.2) is 4.79 Å². The fraction of sp³-hybridized carbons (Fsp3) is 0.182. The predicted molar refractivity (Wildman–Crippen MR) is 59.8 cm³/mol. The van der Waals surface area contributed by atoms with E-state index in [1.807, 2.05) is 12.1 Å². The number of halogens is 1. The summed E-state index contributed by atoms with van der Waals surface area (Å²) in [4.78, 5) is 10.8. The van der Waals surface area contributed by atoms with E-state index in [0.29, 0.717) is 12.0 Å². The maximum atomic E-state index is 10.8. The van der Waals surface area contributed by atoms with Crippen molar-refractivity contribution in [2.24, 2.45) is 0 Å². The lowest BCUT2D eigenvalue weighted by Gasteiger charge is -2.04. The summed E-state index contributed by atoms with van der Waals surface area (Å²) in [5.74, 6) is -0.874. The van der Waals surface area contributed by atoms with Crippen molar-refractivity contribution in [1.29, 1.82) is 0 Å². The Morgan fingerprint density at radius 2 is 2.07 bits per heavy atom. The predicted octanol–water partition coefficient (Wildman–Crippen LogP) is 3.23. The Morgan fingerprint density at radius 1 is 1.43 bits per heavy atom. The third kappa shape index (κ3) is 3.00. The molecule has 0 aliphatic carbocycles. The molecule has 0 bridgehead atoms. The van der Waals surface area contributed by atoms with E-state index in [9.17, 15) is 4.79 Å². The normalized spacial score (nSPS) is 9.79. The number of rotatable bonds is 4. The largest absolute Gasteiger partial charge is 0.478 e. The van der Waals surface area contributed by atoms with E-state index in [4.69, 9.17) is 5.11 Å². The summed E-state index contributed by atoms with van der Waals surface area (Å²) in [6, 6.07) is 7.03. The first kappa shape index (κ1) is 11.0. The van der Waals surface area contributed by atoms with Crippen LogP contribution in [0.5, 0.6) is 0 Å². The third-order valence-electron chi connectivity index (χ3n) is 1.91. The molecule has 0 saturated heterocycles. The number of benzene rings is 1. The zero-order valence-electron chi connectivity index (χ0n) is 7.66. The zero-order chi connectivity index (χ0) is 10.6. The molecule has 0 aromatic heterocycles. The van der Waals surface area contributed by atoms with Gasteiger partial charge in [0.2, 0.25) is 0 Å². The summed E-state index contributed by atoms with van der Waals surface area (Å²) in [5.41, 5.74) is 1.22. The minimum atomic E-state index is -0.874. The second-order valence-corrected chi connectivity index (χ2v) is 4.10. The van der Waals surface area contributed by atoms with Gasteiger partial charge in [0.15, 0.2) is 0 Å². The van der Waals surface area contributed by atoms with E-state index in [-0.39, 0.29) is 0 Å². The third-order valence-corrected chi connectivity index (χ3v) is 2.31. The van der Waals surface area contributed by atoms with E-state index < -0.39 is 5.97 Å². The molecular formula is C11H11BrO2. The monoisotopic (exact) mass is 254 g/mol. The zero-order valence-corrected chi connectivity index (χ0v) is 9.25. The molecule has 0 radical (unpaired) electrons. The standard InChI is InChI=1S/C11H11BrO2/c1-8(12)6-7-9-4-2-3-5-10(9)11(13)14/h2-5H,1,6-7H2,(H,13,14). The summed E-state index contributed by atoms with van der Waals surface area (Å²) >= 11 is 3.25. The second-order valence-electron chi connectivity index (χ2n) is 2.98. The highest BCUT2D eigenvalue weighted by atomic mass is 79.9. The van der Waals surface area contributed by atoms with Gasteiger partial charge in [-0.05, 0) is 29.0 Å². The lowest BCUT2D eigenvalue weighted by Crippen LogP contribution is -2.01. The number of hydrogen-bond acceptors (Lipinski definition) is 1. The van der Waals surface area contributed by atoms with Crippen molar-refractivity contribution in [1.82, 2.24) is 0 Å². The lowest BCUT2D eigenvalue weighted by atomic mass is 10.0. The van der Waals surface area contributed by atoms with E-state index in [1.54, 1.807) is 12.1 Å². The number of hydrogen-bond donors (Lipinski definition) is 1. The highest BCUT2D eigenvalue weighted by Gasteiger charge is 2.08. The maximum Gasteiger partial charge on any atom is 0.335 e. The van der Waals surface area contributed by atoms with Crippen LogP contribution in [0.1, 0.15) is 22.3 Å². The molecule has 14 heavy (non-hydrogen) atoms. The first-order valence-corrected chi connectivity index (χ1v) is 5.05. The molecule has 1 aromatic carbocycles. The van der Waals surface area contributed by atoms with Crippen LogP contribution >= 0.6 is 15.9 Å². The van der Waals surface area contributed by atoms with Crippen LogP contribution in [-0.2, 0) is 6.42 Å². The first-order chi connectivity index (χ1) is 6.61. The van der Waals surface area contributed by atoms with E-state index >= 15 is 0 Å². The molecule has 2 nitrogen and oxygen atoms in total. The molecule has 0 fully saturated rings. The fourth-order valence-corrected chi connectivity index (χ4v) is 1.42. The van der Waals surface area contributed by atoms with Crippen molar-refractivity contribution in [3.63, 3.8) is 0 Å². The van der Waals surface area contributed by atoms with E-state index in [2.05, 4.69) is 22.5 Å². The molecule has 0 aliphatic rings. The molecular weight excluding hydrogens is 244 g/mol. The Bertz CT molecular complexity index is 358. The van der Waals surface area contributed by atoms with Gasteiger partial charge >= 0.3 is 5.97 Å². The first-order valence-electron chi connectivity index (χ1n) is 4.25. The van der Waals surface area contributed by atoms with Crippen LogP contribution in [0.3, 0.4) is 0 Å². The molecule has 74 valence electrons. The van der Waals surface area contributed by atoms with Crippen LogP contribution in [0.15, 0.2) is 35.3 Å². The summed E-state index contributed by atoms with van der Waals surface area (Å²) in [6.45, 7) is 3.71. The van der Waals surface area contributed by atoms with Crippen molar-refractivity contribution in [2.45, 2.75) is 12.8 Å². The van der Waals surface area contributed by atoms with Gasteiger partial charge in [-0.2, -0.15) is 0 Å². The van der Waals surface area contributed by atoms with Crippen LogP contribution in [0.2, 0.25) is 0 Å². The Morgan fingerprint density at radius 3 is 2.64 bits per heavy atom. The highest BCUT2D eigenvalue weighted by Crippen LogP contribution is 2.15. The second kappa shape index (κ2) is 4.96. The molecule has 0 unspecified atom stereocenters. The van der Waals surface area contributed by atoms with Gasteiger partial charge < -0.3 is 5.11 Å². The van der Waals surface area contributed by atoms with Gasteiger partial charge in [0.05, 0.1) is 5.56 Å². The topological polar surface area (TPSA) is 37.3 Å². The Kier molecular flexibility index (Phi) is 3.89. The van der Waals surface area contributed by atoms with Crippen molar-refractivity contribution in [3.05, 3.63) is 46.5 Å². The average molecular weight is 255 g/mol. The fourth-order valence-electron chi connectivity index (χ4n) is 1.22. The van der Waals surface area contributed by atoms with Gasteiger partial charge in [-0.15, -0.1) is 0 Å². The molecule has 0 aliphatic heterocycles. The summed E-state index contributed by atoms with van der Waals surface area (Å²) in [5, 5.41) is 8.90. The van der Waals surface area contributed by atoms with Crippen molar-refractivity contribution in [3.8, 4) is 0 Å². The van der Waals surface area contributed by atoms with Gasteiger partial charge in [-0.3, -0.25) is 0 Å². The van der Waals surface area contributed by atoms with Crippen LogP contribution in [0.4, 0.5) is 0 Å². The Balaban J connectivity index is 2.84. The molecule has 0 amide bonds. The molecule has 3 heteroatoms. The molecule has 0 atom stereocenters.